The van der Waals surface area contributed by atoms with E-state index in [4.69, 9.17) is 4.74 Å². The molecule has 0 aromatic heterocycles. The molecule has 9 heteroatoms. The summed E-state index contributed by atoms with van der Waals surface area (Å²) >= 11 is 0. The quantitative estimate of drug-likeness (QED) is 0.495. The van der Waals surface area contributed by atoms with Gasteiger partial charge in [-0.2, -0.15) is 0 Å². The lowest BCUT2D eigenvalue weighted by molar-refractivity contribution is -0.139. The maximum atomic E-state index is 12.9. The monoisotopic (exact) mass is 444 g/mol. The molecule has 1 aromatic rings. The lowest BCUT2D eigenvalue weighted by Crippen LogP contribution is -2.51. The van der Waals surface area contributed by atoms with E-state index in [0.29, 0.717) is 44.2 Å². The summed E-state index contributed by atoms with van der Waals surface area (Å²) in [6.07, 6.45) is 6.04. The fourth-order valence-electron chi connectivity index (χ4n) is 4.77. The predicted molar refractivity (Wildman–Crippen MR) is 118 cm³/mol. The number of hydrogen-bond acceptors (Lipinski definition) is 7. The molecule has 2 heterocycles. The van der Waals surface area contributed by atoms with E-state index in [-0.39, 0.29) is 31.1 Å². The molecule has 4 rings (SSSR count). The molecule has 0 spiro atoms. The number of nitrogens with one attached hydrogen (secondary N) is 1. The van der Waals surface area contributed by atoms with Crippen LogP contribution in [0.15, 0.2) is 23.2 Å². The van der Waals surface area contributed by atoms with Crippen LogP contribution in [-0.4, -0.2) is 76.2 Å². The van der Waals surface area contributed by atoms with Crippen molar-refractivity contribution in [1.82, 2.24) is 15.1 Å². The highest BCUT2D eigenvalue weighted by Gasteiger charge is 2.31. The zero-order chi connectivity index (χ0) is 22.5. The van der Waals surface area contributed by atoms with Crippen molar-refractivity contribution in [2.75, 3.05) is 26.4 Å². The van der Waals surface area contributed by atoms with Crippen molar-refractivity contribution in [2.45, 2.75) is 63.6 Å². The van der Waals surface area contributed by atoms with Crippen LogP contribution in [0.1, 0.15) is 50.5 Å². The summed E-state index contributed by atoms with van der Waals surface area (Å²) in [5, 5.41) is 22.1. The van der Waals surface area contributed by atoms with Crippen LogP contribution in [0.2, 0.25) is 0 Å². The van der Waals surface area contributed by atoms with Gasteiger partial charge in [-0.25, -0.2) is 4.99 Å². The van der Waals surface area contributed by atoms with Gasteiger partial charge in [0.25, 0.3) is 0 Å². The summed E-state index contributed by atoms with van der Waals surface area (Å²) in [6, 6.07) is 5.22. The van der Waals surface area contributed by atoms with Crippen molar-refractivity contribution in [1.29, 1.82) is 0 Å². The molecule has 3 aliphatic rings. The number of rotatable bonds is 9. The van der Waals surface area contributed by atoms with E-state index in [9.17, 15) is 19.8 Å². The highest BCUT2D eigenvalue weighted by atomic mass is 16.5. The highest BCUT2D eigenvalue weighted by Crippen LogP contribution is 2.30. The fraction of sp³-hybridized carbons (Fsp3) is 0.609. The summed E-state index contributed by atoms with van der Waals surface area (Å²) in [6.45, 7) is 0.845. The second kappa shape index (κ2) is 10.3. The Morgan fingerprint density at radius 3 is 2.75 bits per heavy atom. The largest absolute Gasteiger partial charge is 0.494 e. The second-order valence-electron chi connectivity index (χ2n) is 8.69. The fourth-order valence-corrected chi connectivity index (χ4v) is 4.77. The number of ether oxygens (including phenoxy) is 1. The molecule has 1 aliphatic carbocycles. The van der Waals surface area contributed by atoms with Crippen molar-refractivity contribution in [2.24, 2.45) is 4.99 Å². The Morgan fingerprint density at radius 2 is 2.00 bits per heavy atom. The first kappa shape index (κ1) is 22.5. The summed E-state index contributed by atoms with van der Waals surface area (Å²) in [5.74, 6) is 1.22. The van der Waals surface area contributed by atoms with Gasteiger partial charge in [-0.3, -0.25) is 14.9 Å². The minimum Gasteiger partial charge on any atom is -0.494 e. The van der Waals surface area contributed by atoms with E-state index in [1.165, 1.54) is 6.42 Å². The van der Waals surface area contributed by atoms with Gasteiger partial charge in [-0.1, -0.05) is 19.3 Å². The maximum Gasteiger partial charge on any atom is 0.246 e. The zero-order valence-electron chi connectivity index (χ0n) is 18.3. The molecule has 2 amide bonds. The number of aliphatic hydroxyl groups is 2. The van der Waals surface area contributed by atoms with Crippen molar-refractivity contribution in [3.05, 3.63) is 23.8 Å². The van der Waals surface area contributed by atoms with Crippen LogP contribution in [0.25, 0.3) is 0 Å². The summed E-state index contributed by atoms with van der Waals surface area (Å²) in [5.41, 5.74) is 1.82. The number of fused-ring (bicyclic) bond motifs is 2. The summed E-state index contributed by atoms with van der Waals surface area (Å²) in [7, 11) is 0. The number of carbonyl (C=O) groups is 2. The molecule has 3 N–H and O–H groups in total. The van der Waals surface area contributed by atoms with Crippen LogP contribution in [-0.2, 0) is 16.1 Å². The normalized spacial score (nSPS) is 18.2. The Balaban J connectivity index is 1.29. The van der Waals surface area contributed by atoms with Gasteiger partial charge < -0.3 is 24.7 Å². The highest BCUT2D eigenvalue weighted by molar-refractivity contribution is 6.05. The number of amides is 2. The summed E-state index contributed by atoms with van der Waals surface area (Å²) < 4.78 is 5.87. The molecule has 2 aliphatic heterocycles. The molecule has 0 bridgehead atoms. The smallest absolute Gasteiger partial charge is 0.246 e. The van der Waals surface area contributed by atoms with E-state index in [2.05, 4.69) is 10.3 Å². The Labute approximate surface area is 188 Å². The van der Waals surface area contributed by atoms with Gasteiger partial charge >= 0.3 is 0 Å². The average Bonchev–Trinajstić information content (AvgIpc) is 3.17. The number of benzene rings is 1. The second-order valence-corrected chi connectivity index (χ2v) is 8.69. The molecule has 9 nitrogen and oxygen atoms in total. The average molecular weight is 445 g/mol. The minimum absolute atomic E-state index is 0.0351. The molecular formula is C23H32N4O5. The van der Waals surface area contributed by atoms with E-state index >= 15 is 0 Å². The van der Waals surface area contributed by atoms with Gasteiger partial charge in [0.05, 0.1) is 31.5 Å². The maximum absolute atomic E-state index is 12.9. The molecule has 1 aromatic carbocycles. The van der Waals surface area contributed by atoms with Crippen LogP contribution in [0.4, 0.5) is 5.69 Å². The molecule has 32 heavy (non-hydrogen) atoms. The third-order valence-electron chi connectivity index (χ3n) is 6.40. The van der Waals surface area contributed by atoms with Crippen molar-refractivity contribution >= 4 is 23.5 Å². The Kier molecular flexibility index (Phi) is 7.26. The molecule has 0 radical (unpaired) electrons. The first-order valence-corrected chi connectivity index (χ1v) is 11.5. The predicted octanol–water partition coefficient (Wildman–Crippen LogP) is 1.29. The van der Waals surface area contributed by atoms with Gasteiger partial charge in [0.15, 0.2) is 0 Å². The van der Waals surface area contributed by atoms with Crippen LogP contribution in [0.3, 0.4) is 0 Å². The van der Waals surface area contributed by atoms with E-state index in [1.807, 2.05) is 23.1 Å². The van der Waals surface area contributed by atoms with Gasteiger partial charge in [0.1, 0.15) is 12.3 Å². The first-order chi connectivity index (χ1) is 15.6. The summed E-state index contributed by atoms with van der Waals surface area (Å²) in [4.78, 5) is 32.6. The van der Waals surface area contributed by atoms with Gasteiger partial charge in [-0.05, 0) is 37.5 Å². The lowest BCUT2D eigenvalue weighted by atomic mass is 9.92. The standard InChI is InChI=1S/C23H32N4O5/c28-14-18(15-29)27(17-5-2-1-3-6-17)22(31)7-4-10-32-19-8-9-20-16(11-19)12-26-13-21(30)25-23(26)24-20/h8-9,11,17-18,28-29H,1-7,10,12-15H2,(H,24,25,30). The molecule has 1 saturated heterocycles. The Hall–Kier alpha value is -2.65. The zero-order valence-corrected chi connectivity index (χ0v) is 18.3. The van der Waals surface area contributed by atoms with Crippen LogP contribution >= 0.6 is 0 Å². The third kappa shape index (κ3) is 5.05. The van der Waals surface area contributed by atoms with Crippen LogP contribution in [0.5, 0.6) is 5.75 Å². The molecule has 1 saturated carbocycles. The van der Waals surface area contributed by atoms with Crippen molar-refractivity contribution < 1.29 is 24.5 Å². The van der Waals surface area contributed by atoms with Gasteiger partial charge in [0, 0.05) is 24.6 Å². The number of aliphatic imine (C=N–C) groups is 1. The molecule has 0 atom stereocenters. The lowest BCUT2D eigenvalue weighted by Gasteiger charge is -2.39. The van der Waals surface area contributed by atoms with E-state index in [1.54, 1.807) is 4.90 Å². The van der Waals surface area contributed by atoms with Crippen LogP contribution < -0.4 is 10.1 Å². The Morgan fingerprint density at radius 1 is 1.22 bits per heavy atom. The number of nitrogens with zero attached hydrogens (tertiary/aromatic N) is 3. The topological polar surface area (TPSA) is 115 Å². The number of aliphatic hydroxyl groups excluding tert-OH is 2. The third-order valence-corrected chi connectivity index (χ3v) is 6.40. The number of guanidine groups is 1. The van der Waals surface area contributed by atoms with Crippen molar-refractivity contribution in [3.8, 4) is 5.75 Å². The number of carbonyl (C=O) groups excluding carboxylic acids is 2. The van der Waals surface area contributed by atoms with E-state index < -0.39 is 6.04 Å². The Bertz CT molecular complexity index is 864. The van der Waals surface area contributed by atoms with Gasteiger partial charge in [-0.15, -0.1) is 0 Å². The van der Waals surface area contributed by atoms with Gasteiger partial charge in [0.2, 0.25) is 17.8 Å². The molecule has 2 fully saturated rings. The SMILES string of the molecule is O=C1CN2Cc3cc(OCCCC(=O)N(C(CO)CO)C4CCCCC4)ccc3N=C2N1. The van der Waals surface area contributed by atoms with Crippen LogP contribution in [0, 0.1) is 0 Å². The number of hydrogen-bond donors (Lipinski definition) is 3. The van der Waals surface area contributed by atoms with Crippen molar-refractivity contribution in [3.63, 3.8) is 0 Å². The molecule has 174 valence electrons. The molecule has 0 unspecified atom stereocenters. The first-order valence-electron chi connectivity index (χ1n) is 11.5. The minimum atomic E-state index is -0.537. The van der Waals surface area contributed by atoms with E-state index in [0.717, 1.165) is 36.9 Å². The molecular weight excluding hydrogens is 412 g/mol.